The molecule has 19 heavy (non-hydrogen) atoms. The summed E-state index contributed by atoms with van der Waals surface area (Å²) in [5, 5.41) is 8.70. The lowest BCUT2D eigenvalue weighted by Gasteiger charge is -2.31. The van der Waals surface area contributed by atoms with Crippen LogP contribution in [-0.4, -0.2) is 29.7 Å². The molecule has 0 amide bonds. The van der Waals surface area contributed by atoms with Crippen molar-refractivity contribution in [3.63, 3.8) is 0 Å². The maximum atomic E-state index is 8.70. The van der Waals surface area contributed by atoms with Crippen molar-refractivity contribution in [1.29, 1.82) is 0 Å². The minimum Gasteiger partial charge on any atom is -0.395 e. The Morgan fingerprint density at radius 3 is 2.84 bits per heavy atom. The first-order valence-corrected chi connectivity index (χ1v) is 8.04. The third-order valence-electron chi connectivity index (χ3n) is 3.77. The summed E-state index contributed by atoms with van der Waals surface area (Å²) in [6, 6.07) is 4.29. The first kappa shape index (κ1) is 14.6. The monoisotopic (exact) mass is 277 g/mol. The van der Waals surface area contributed by atoms with Crippen LogP contribution in [0.1, 0.15) is 42.4 Å². The van der Waals surface area contributed by atoms with Crippen LogP contribution in [0.5, 0.6) is 0 Å². The van der Waals surface area contributed by atoms with E-state index in [9.17, 15) is 0 Å². The number of piperidine rings is 1. The molecule has 0 bridgehead atoms. The van der Waals surface area contributed by atoms with E-state index in [1.165, 1.54) is 37.2 Å². The highest BCUT2D eigenvalue weighted by atomic mass is 32.1. The van der Waals surface area contributed by atoms with E-state index in [0.717, 1.165) is 17.3 Å². The van der Waals surface area contributed by atoms with Crippen molar-refractivity contribution in [2.45, 2.75) is 39.2 Å². The Morgan fingerprint density at radius 2 is 2.16 bits per heavy atom. The van der Waals surface area contributed by atoms with E-state index in [0.29, 0.717) is 6.42 Å². The molecule has 2 heterocycles. The third-order valence-corrected chi connectivity index (χ3v) is 4.76. The Labute approximate surface area is 120 Å². The highest BCUT2D eigenvalue weighted by Crippen LogP contribution is 2.23. The Kier molecular flexibility index (Phi) is 5.91. The highest BCUT2D eigenvalue weighted by Gasteiger charge is 2.17. The van der Waals surface area contributed by atoms with Crippen LogP contribution in [-0.2, 0) is 6.54 Å². The van der Waals surface area contributed by atoms with Gasteiger partial charge in [-0.05, 0) is 44.0 Å². The van der Waals surface area contributed by atoms with E-state index in [4.69, 9.17) is 5.11 Å². The summed E-state index contributed by atoms with van der Waals surface area (Å²) in [6.07, 6.45) is 4.60. The number of thiophene rings is 1. The zero-order valence-corrected chi connectivity index (χ0v) is 12.5. The van der Waals surface area contributed by atoms with Crippen molar-refractivity contribution >= 4 is 11.3 Å². The number of hydrogen-bond donors (Lipinski definition) is 1. The van der Waals surface area contributed by atoms with Crippen molar-refractivity contribution in [2.75, 3.05) is 19.7 Å². The fourth-order valence-corrected chi connectivity index (χ4v) is 3.43. The van der Waals surface area contributed by atoms with Crippen LogP contribution >= 0.6 is 11.3 Å². The Bertz CT molecular complexity index is 435. The SMILES string of the molecule is CCC1CCN(Cc2ccc(C#CCCO)s2)CC1. The van der Waals surface area contributed by atoms with E-state index in [1.807, 2.05) is 0 Å². The molecular weight excluding hydrogens is 254 g/mol. The van der Waals surface area contributed by atoms with Gasteiger partial charge < -0.3 is 5.11 Å². The van der Waals surface area contributed by atoms with Crippen molar-refractivity contribution in [2.24, 2.45) is 5.92 Å². The van der Waals surface area contributed by atoms with Gasteiger partial charge in [0, 0.05) is 17.8 Å². The fourth-order valence-electron chi connectivity index (χ4n) is 2.51. The highest BCUT2D eigenvalue weighted by molar-refractivity contribution is 7.12. The summed E-state index contributed by atoms with van der Waals surface area (Å²) in [7, 11) is 0. The van der Waals surface area contributed by atoms with Crippen molar-refractivity contribution < 1.29 is 5.11 Å². The molecule has 2 rings (SSSR count). The predicted molar refractivity (Wildman–Crippen MR) is 81.2 cm³/mol. The lowest BCUT2D eigenvalue weighted by atomic mass is 9.94. The maximum Gasteiger partial charge on any atom is 0.0771 e. The molecule has 1 aliphatic heterocycles. The summed E-state index contributed by atoms with van der Waals surface area (Å²) < 4.78 is 0. The molecule has 1 N–H and O–H groups in total. The van der Waals surface area contributed by atoms with Crippen LogP contribution in [0.3, 0.4) is 0 Å². The topological polar surface area (TPSA) is 23.5 Å². The smallest absolute Gasteiger partial charge is 0.0771 e. The third kappa shape index (κ3) is 4.65. The van der Waals surface area contributed by atoms with Gasteiger partial charge in [0.1, 0.15) is 0 Å². The average Bonchev–Trinajstić information content (AvgIpc) is 2.88. The number of hydrogen-bond acceptors (Lipinski definition) is 3. The molecule has 1 fully saturated rings. The first-order valence-electron chi connectivity index (χ1n) is 7.22. The number of aliphatic hydroxyl groups is 1. The molecule has 1 aromatic heterocycles. The summed E-state index contributed by atoms with van der Waals surface area (Å²) >= 11 is 1.79. The van der Waals surface area contributed by atoms with Crippen molar-refractivity contribution in [1.82, 2.24) is 4.90 Å². The summed E-state index contributed by atoms with van der Waals surface area (Å²) in [5.41, 5.74) is 0. The molecule has 3 heteroatoms. The Hall–Kier alpha value is -0.820. The van der Waals surface area contributed by atoms with Gasteiger partial charge in [-0.25, -0.2) is 0 Å². The van der Waals surface area contributed by atoms with Crippen molar-refractivity contribution in [3.05, 3.63) is 21.9 Å². The molecule has 1 aliphatic rings. The Morgan fingerprint density at radius 1 is 1.37 bits per heavy atom. The van der Waals surface area contributed by atoms with E-state index in [-0.39, 0.29) is 6.61 Å². The van der Waals surface area contributed by atoms with E-state index >= 15 is 0 Å². The molecular formula is C16H23NOS. The van der Waals surface area contributed by atoms with Gasteiger partial charge in [0.2, 0.25) is 0 Å². The molecule has 1 aromatic rings. The summed E-state index contributed by atoms with van der Waals surface area (Å²) in [5.74, 6) is 7.03. The van der Waals surface area contributed by atoms with E-state index in [1.54, 1.807) is 11.3 Å². The van der Waals surface area contributed by atoms with Crippen LogP contribution in [0.4, 0.5) is 0 Å². The number of nitrogens with zero attached hydrogens (tertiary/aromatic N) is 1. The molecule has 1 saturated heterocycles. The van der Waals surface area contributed by atoms with E-state index in [2.05, 4.69) is 35.8 Å². The molecule has 104 valence electrons. The standard InChI is InChI=1S/C16H23NOS/c1-2-14-8-10-17(11-9-14)13-16-7-6-15(19-16)5-3-4-12-18/h6-7,14,18H,2,4,8-13H2,1H3. The molecule has 2 nitrogen and oxygen atoms in total. The normalized spacial score (nSPS) is 17.2. The Balaban J connectivity index is 1.82. The quantitative estimate of drug-likeness (QED) is 0.855. The predicted octanol–water partition coefficient (Wildman–Crippen LogP) is 3.10. The van der Waals surface area contributed by atoms with Gasteiger partial charge in [-0.2, -0.15) is 0 Å². The van der Waals surface area contributed by atoms with Crippen LogP contribution < -0.4 is 0 Å². The largest absolute Gasteiger partial charge is 0.395 e. The fraction of sp³-hybridized carbons (Fsp3) is 0.625. The van der Waals surface area contributed by atoms with Gasteiger partial charge in [0.05, 0.1) is 11.5 Å². The van der Waals surface area contributed by atoms with Crippen LogP contribution in [0, 0.1) is 17.8 Å². The van der Waals surface area contributed by atoms with Gasteiger partial charge in [-0.15, -0.1) is 11.3 Å². The second-order valence-corrected chi connectivity index (χ2v) is 6.34. The van der Waals surface area contributed by atoms with Gasteiger partial charge in [-0.1, -0.05) is 25.2 Å². The molecule has 0 atom stereocenters. The lowest BCUT2D eigenvalue weighted by Crippen LogP contribution is -2.32. The number of aliphatic hydroxyl groups excluding tert-OH is 1. The summed E-state index contributed by atoms with van der Waals surface area (Å²) in [6.45, 7) is 6.00. The summed E-state index contributed by atoms with van der Waals surface area (Å²) in [4.78, 5) is 5.08. The lowest BCUT2D eigenvalue weighted by molar-refractivity contribution is 0.176. The van der Waals surface area contributed by atoms with Crippen LogP contribution in [0.15, 0.2) is 12.1 Å². The zero-order valence-electron chi connectivity index (χ0n) is 11.7. The minimum atomic E-state index is 0.150. The molecule has 0 saturated carbocycles. The van der Waals surface area contributed by atoms with Gasteiger partial charge >= 0.3 is 0 Å². The molecule has 0 aliphatic carbocycles. The minimum absolute atomic E-state index is 0.150. The second-order valence-electron chi connectivity index (χ2n) is 5.17. The molecule has 0 unspecified atom stereocenters. The molecule has 0 spiro atoms. The number of rotatable bonds is 4. The zero-order chi connectivity index (χ0) is 13.5. The van der Waals surface area contributed by atoms with Gasteiger partial charge in [0.25, 0.3) is 0 Å². The van der Waals surface area contributed by atoms with Crippen LogP contribution in [0.25, 0.3) is 0 Å². The van der Waals surface area contributed by atoms with Crippen LogP contribution in [0.2, 0.25) is 0 Å². The van der Waals surface area contributed by atoms with Gasteiger partial charge in [-0.3, -0.25) is 4.90 Å². The first-order chi connectivity index (χ1) is 9.31. The maximum absolute atomic E-state index is 8.70. The molecule has 0 radical (unpaired) electrons. The van der Waals surface area contributed by atoms with Crippen molar-refractivity contribution in [3.8, 4) is 11.8 Å². The second kappa shape index (κ2) is 7.69. The van der Waals surface area contributed by atoms with E-state index < -0.39 is 0 Å². The molecule has 0 aromatic carbocycles. The average molecular weight is 277 g/mol. The number of likely N-dealkylation sites (tertiary alicyclic amines) is 1. The van der Waals surface area contributed by atoms with Gasteiger partial charge in [0.15, 0.2) is 0 Å².